The molecular weight excluding hydrogens is 526 g/mol. The third-order valence-corrected chi connectivity index (χ3v) is 7.74. The van der Waals surface area contributed by atoms with Crippen LogP contribution in [0, 0.1) is 6.92 Å². The molecule has 0 aliphatic rings. The number of benzene rings is 3. The van der Waals surface area contributed by atoms with Gasteiger partial charge in [-0.3, -0.25) is 13.9 Å². The second-order valence-corrected chi connectivity index (χ2v) is 11.6. The number of para-hydroxylation sites is 1. The van der Waals surface area contributed by atoms with Crippen molar-refractivity contribution in [1.82, 2.24) is 10.2 Å². The molecule has 0 aliphatic carbocycles. The van der Waals surface area contributed by atoms with E-state index in [0.717, 1.165) is 34.5 Å². The average molecular weight is 566 g/mol. The van der Waals surface area contributed by atoms with Gasteiger partial charge in [-0.05, 0) is 67.3 Å². The molecule has 0 heterocycles. The van der Waals surface area contributed by atoms with Crippen molar-refractivity contribution in [2.75, 3.05) is 23.7 Å². The predicted molar refractivity (Wildman–Crippen MR) is 159 cm³/mol. The molecular formula is C31H39N3O5S. The van der Waals surface area contributed by atoms with Crippen LogP contribution < -0.4 is 14.4 Å². The van der Waals surface area contributed by atoms with Gasteiger partial charge in [-0.15, -0.1) is 0 Å². The van der Waals surface area contributed by atoms with E-state index in [1.54, 1.807) is 24.3 Å². The summed E-state index contributed by atoms with van der Waals surface area (Å²) < 4.78 is 32.6. The zero-order valence-corrected chi connectivity index (χ0v) is 24.5. The Bertz CT molecular complexity index is 1360. The van der Waals surface area contributed by atoms with Gasteiger partial charge >= 0.3 is 0 Å². The van der Waals surface area contributed by atoms with E-state index in [1.165, 1.54) is 4.90 Å². The highest BCUT2D eigenvalue weighted by atomic mass is 32.2. The second kappa shape index (κ2) is 14.5. The number of hydrogen-bond donors (Lipinski definition) is 1. The molecule has 0 radical (unpaired) electrons. The molecule has 0 aromatic heterocycles. The van der Waals surface area contributed by atoms with Crippen LogP contribution in [-0.2, 0) is 26.2 Å². The van der Waals surface area contributed by atoms with Crippen molar-refractivity contribution in [2.45, 2.75) is 52.6 Å². The van der Waals surface area contributed by atoms with Gasteiger partial charge in [0, 0.05) is 13.1 Å². The molecule has 2 amide bonds. The van der Waals surface area contributed by atoms with Gasteiger partial charge in [0.25, 0.3) is 0 Å². The van der Waals surface area contributed by atoms with Crippen LogP contribution in [0.25, 0.3) is 0 Å². The zero-order chi connectivity index (χ0) is 29.1. The van der Waals surface area contributed by atoms with E-state index < -0.39 is 28.5 Å². The van der Waals surface area contributed by atoms with Gasteiger partial charge in [-0.2, -0.15) is 0 Å². The first-order valence-corrected chi connectivity index (χ1v) is 15.4. The van der Waals surface area contributed by atoms with Crippen LogP contribution in [0.5, 0.6) is 11.5 Å². The van der Waals surface area contributed by atoms with Gasteiger partial charge in [0.2, 0.25) is 21.8 Å². The Balaban J connectivity index is 1.88. The van der Waals surface area contributed by atoms with Crippen molar-refractivity contribution in [3.63, 3.8) is 0 Å². The van der Waals surface area contributed by atoms with Crippen molar-refractivity contribution < 1.29 is 22.7 Å². The molecule has 0 unspecified atom stereocenters. The number of unbranched alkanes of at least 4 members (excludes halogenated alkanes) is 1. The molecule has 0 fully saturated rings. The summed E-state index contributed by atoms with van der Waals surface area (Å²) in [6, 6.07) is 22.7. The van der Waals surface area contributed by atoms with Crippen molar-refractivity contribution >= 4 is 27.5 Å². The van der Waals surface area contributed by atoms with Crippen LogP contribution >= 0.6 is 0 Å². The summed E-state index contributed by atoms with van der Waals surface area (Å²) >= 11 is 0. The number of sulfonamides is 1. The highest BCUT2D eigenvalue weighted by Gasteiger charge is 2.31. The lowest BCUT2D eigenvalue weighted by molar-refractivity contribution is -0.140. The molecule has 9 heteroatoms. The molecule has 1 atom stereocenters. The first-order valence-electron chi connectivity index (χ1n) is 13.6. The Morgan fingerprint density at radius 1 is 0.900 bits per heavy atom. The summed E-state index contributed by atoms with van der Waals surface area (Å²) in [5.74, 6) is 0.479. The highest BCUT2D eigenvalue weighted by Crippen LogP contribution is 2.26. The molecule has 0 saturated heterocycles. The summed E-state index contributed by atoms with van der Waals surface area (Å²) in [6.07, 6.45) is 3.22. The maximum absolute atomic E-state index is 13.8. The molecule has 8 nitrogen and oxygen atoms in total. The van der Waals surface area contributed by atoms with Crippen LogP contribution in [0.3, 0.4) is 0 Å². The van der Waals surface area contributed by atoms with Crippen molar-refractivity contribution in [3.8, 4) is 11.5 Å². The van der Waals surface area contributed by atoms with E-state index in [0.29, 0.717) is 30.2 Å². The summed E-state index contributed by atoms with van der Waals surface area (Å²) in [5.41, 5.74) is 2.20. The van der Waals surface area contributed by atoms with Gasteiger partial charge < -0.3 is 15.0 Å². The number of nitrogens with one attached hydrogen (secondary N) is 1. The summed E-state index contributed by atoms with van der Waals surface area (Å²) in [7, 11) is -3.83. The summed E-state index contributed by atoms with van der Waals surface area (Å²) in [6.45, 7) is 6.10. The molecule has 0 aliphatic heterocycles. The van der Waals surface area contributed by atoms with Crippen LogP contribution in [-0.4, -0.2) is 50.5 Å². The van der Waals surface area contributed by atoms with Crippen LogP contribution in [0.15, 0.2) is 78.9 Å². The number of amides is 2. The molecule has 0 bridgehead atoms. The average Bonchev–Trinajstić information content (AvgIpc) is 2.93. The predicted octanol–water partition coefficient (Wildman–Crippen LogP) is 5.28. The zero-order valence-electron chi connectivity index (χ0n) is 23.7. The number of aryl methyl sites for hydroxylation is 1. The van der Waals surface area contributed by atoms with Gasteiger partial charge in [0.15, 0.2) is 0 Å². The third kappa shape index (κ3) is 8.58. The molecule has 214 valence electrons. The normalized spacial score (nSPS) is 11.9. The van der Waals surface area contributed by atoms with E-state index in [9.17, 15) is 18.0 Å². The quantitative estimate of drug-likeness (QED) is 0.269. The molecule has 3 aromatic rings. The number of hydrogen-bond acceptors (Lipinski definition) is 5. The lowest BCUT2D eigenvalue weighted by Crippen LogP contribution is -2.52. The van der Waals surface area contributed by atoms with E-state index in [4.69, 9.17) is 4.74 Å². The molecule has 1 N–H and O–H groups in total. The van der Waals surface area contributed by atoms with Gasteiger partial charge in [-0.1, -0.05) is 62.7 Å². The monoisotopic (exact) mass is 565 g/mol. The number of nitrogens with zero attached hydrogens (tertiary/aromatic N) is 2. The SMILES string of the molecule is CCCCNC(=O)[C@H](CC)N(Cc1ccccc1C)C(=O)CN(c1ccc(Oc2ccccc2)cc1)S(C)(=O)=O. The Hall–Kier alpha value is -3.85. The van der Waals surface area contributed by atoms with Crippen LogP contribution in [0.4, 0.5) is 5.69 Å². The standard InChI is InChI=1S/C31H39N3O5S/c1-5-7-21-32-31(36)29(6-2)33(22-25-14-12-11-13-24(25)3)30(35)23-34(40(4,37)38)26-17-19-28(20-18-26)39-27-15-9-8-10-16-27/h8-20,29H,5-7,21-23H2,1-4H3,(H,32,36)/t29-/m0/s1. The fourth-order valence-corrected chi connectivity index (χ4v) is 5.17. The van der Waals surface area contributed by atoms with Gasteiger partial charge in [-0.25, -0.2) is 8.42 Å². The second-order valence-electron chi connectivity index (χ2n) is 9.70. The highest BCUT2D eigenvalue weighted by molar-refractivity contribution is 7.92. The molecule has 3 rings (SSSR count). The van der Waals surface area contributed by atoms with Crippen LogP contribution in [0.1, 0.15) is 44.2 Å². The summed E-state index contributed by atoms with van der Waals surface area (Å²) in [5, 5.41) is 2.93. The fourth-order valence-electron chi connectivity index (χ4n) is 4.32. The van der Waals surface area contributed by atoms with E-state index in [2.05, 4.69) is 5.32 Å². The first-order chi connectivity index (χ1) is 19.1. The maximum Gasteiger partial charge on any atom is 0.244 e. The van der Waals surface area contributed by atoms with Crippen molar-refractivity contribution in [3.05, 3.63) is 90.0 Å². The smallest absolute Gasteiger partial charge is 0.244 e. The molecule has 0 spiro atoms. The number of ether oxygens (including phenoxy) is 1. The number of rotatable bonds is 14. The van der Waals surface area contributed by atoms with E-state index >= 15 is 0 Å². The summed E-state index contributed by atoms with van der Waals surface area (Å²) in [4.78, 5) is 28.5. The van der Waals surface area contributed by atoms with Crippen molar-refractivity contribution in [1.29, 1.82) is 0 Å². The van der Waals surface area contributed by atoms with Crippen LogP contribution in [0.2, 0.25) is 0 Å². The number of anilines is 1. The fraction of sp³-hybridized carbons (Fsp3) is 0.355. The lowest BCUT2D eigenvalue weighted by atomic mass is 10.1. The Kier molecular flexibility index (Phi) is 11.1. The molecule has 40 heavy (non-hydrogen) atoms. The number of carbonyl (C=O) groups is 2. The third-order valence-electron chi connectivity index (χ3n) is 6.60. The Labute approximate surface area is 238 Å². The van der Waals surface area contributed by atoms with Gasteiger partial charge in [0.1, 0.15) is 24.1 Å². The minimum atomic E-state index is -3.83. The Morgan fingerprint density at radius 3 is 2.12 bits per heavy atom. The van der Waals surface area contributed by atoms with E-state index in [-0.39, 0.29) is 12.5 Å². The van der Waals surface area contributed by atoms with Gasteiger partial charge in [0.05, 0.1) is 11.9 Å². The topological polar surface area (TPSA) is 96.0 Å². The largest absolute Gasteiger partial charge is 0.457 e. The lowest BCUT2D eigenvalue weighted by Gasteiger charge is -2.33. The first kappa shape index (κ1) is 30.7. The molecule has 0 saturated carbocycles. The molecule has 3 aromatic carbocycles. The maximum atomic E-state index is 13.8. The minimum Gasteiger partial charge on any atom is -0.457 e. The Morgan fingerprint density at radius 2 is 1.52 bits per heavy atom. The van der Waals surface area contributed by atoms with E-state index in [1.807, 2.05) is 75.4 Å². The number of carbonyl (C=O) groups excluding carboxylic acids is 2. The van der Waals surface area contributed by atoms with Crippen molar-refractivity contribution in [2.24, 2.45) is 0 Å². The minimum absolute atomic E-state index is 0.187.